The summed E-state index contributed by atoms with van der Waals surface area (Å²) in [6, 6.07) is 14.3. The summed E-state index contributed by atoms with van der Waals surface area (Å²) in [5.74, 6) is -0.397. The monoisotopic (exact) mass is 574 g/mol. The van der Waals surface area contributed by atoms with Gasteiger partial charge in [0.15, 0.2) is 0 Å². The molecule has 0 saturated heterocycles. The van der Waals surface area contributed by atoms with E-state index in [0.717, 1.165) is 17.5 Å². The Morgan fingerprint density at radius 2 is 1.75 bits per heavy atom. The molecule has 3 aromatic rings. The number of anilines is 1. The molecule has 0 bridgehead atoms. The molecule has 0 aliphatic carbocycles. The highest BCUT2D eigenvalue weighted by atomic mass is 35.5. The standard InChI is InChI=1S/C28H30ClF3N6O2/c1-3-18-8-10-19(11-9-18)25(34)38(15-13-28(30,31)32)27(40)36-17-23(33)21-12-14-37(2)26(39)24(21)35-16-20-6-4-5-7-22(20)29/h4-12,14,33-35H,3,13,15-17H2,1-2H3,(H,36,40). The van der Waals surface area contributed by atoms with E-state index in [0.29, 0.717) is 9.92 Å². The van der Waals surface area contributed by atoms with Crippen molar-refractivity contribution in [2.45, 2.75) is 32.5 Å². The molecule has 0 unspecified atom stereocenters. The molecule has 1 heterocycles. The molecule has 0 radical (unpaired) electrons. The third kappa shape index (κ3) is 7.95. The molecule has 0 spiro atoms. The summed E-state index contributed by atoms with van der Waals surface area (Å²) in [6.07, 6.45) is -3.63. The summed E-state index contributed by atoms with van der Waals surface area (Å²) in [5.41, 5.74) is 1.74. The average molecular weight is 575 g/mol. The van der Waals surface area contributed by atoms with Crippen LogP contribution in [0.3, 0.4) is 0 Å². The highest BCUT2D eigenvalue weighted by Gasteiger charge is 2.31. The molecule has 8 nitrogen and oxygen atoms in total. The minimum absolute atomic E-state index is 0.113. The quantitative estimate of drug-likeness (QED) is 0.187. The van der Waals surface area contributed by atoms with Gasteiger partial charge in [0.25, 0.3) is 5.56 Å². The van der Waals surface area contributed by atoms with E-state index in [1.165, 1.54) is 16.8 Å². The van der Waals surface area contributed by atoms with Crippen molar-refractivity contribution in [3.05, 3.63) is 98.4 Å². The Hall–Kier alpha value is -4.12. The van der Waals surface area contributed by atoms with Gasteiger partial charge in [0.2, 0.25) is 0 Å². The van der Waals surface area contributed by atoms with Gasteiger partial charge in [-0.05, 0) is 29.7 Å². The van der Waals surface area contributed by atoms with Crippen molar-refractivity contribution in [1.82, 2.24) is 14.8 Å². The summed E-state index contributed by atoms with van der Waals surface area (Å²) >= 11 is 6.21. The van der Waals surface area contributed by atoms with Gasteiger partial charge in [-0.25, -0.2) is 4.79 Å². The number of carbonyl (C=O) groups is 1. The van der Waals surface area contributed by atoms with E-state index in [-0.39, 0.29) is 29.1 Å². The lowest BCUT2D eigenvalue weighted by Crippen LogP contribution is -2.46. The van der Waals surface area contributed by atoms with Crippen LogP contribution in [0.1, 0.15) is 35.6 Å². The van der Waals surface area contributed by atoms with Gasteiger partial charge in [0, 0.05) is 42.5 Å². The molecule has 0 aliphatic rings. The summed E-state index contributed by atoms with van der Waals surface area (Å²) in [7, 11) is 1.55. The number of benzene rings is 2. The fourth-order valence-electron chi connectivity index (χ4n) is 3.84. The lowest BCUT2D eigenvalue weighted by Gasteiger charge is -2.25. The van der Waals surface area contributed by atoms with Gasteiger partial charge in [-0.15, -0.1) is 0 Å². The Bertz CT molecular complexity index is 1440. The number of nitrogens with zero attached hydrogens (tertiary/aromatic N) is 2. The molecule has 0 saturated carbocycles. The Morgan fingerprint density at radius 3 is 2.38 bits per heavy atom. The zero-order valence-electron chi connectivity index (χ0n) is 22.0. The summed E-state index contributed by atoms with van der Waals surface area (Å²) in [5, 5.41) is 22.9. The van der Waals surface area contributed by atoms with Crippen LogP contribution in [0, 0.1) is 10.8 Å². The van der Waals surface area contributed by atoms with E-state index in [2.05, 4.69) is 10.6 Å². The Morgan fingerprint density at radius 1 is 1.07 bits per heavy atom. The average Bonchev–Trinajstić information content (AvgIpc) is 2.92. The van der Waals surface area contributed by atoms with Crippen LogP contribution in [0.2, 0.25) is 5.02 Å². The number of urea groups is 1. The van der Waals surface area contributed by atoms with Crippen LogP contribution in [0.4, 0.5) is 23.7 Å². The van der Waals surface area contributed by atoms with Gasteiger partial charge < -0.3 is 20.6 Å². The minimum atomic E-state index is -4.54. The van der Waals surface area contributed by atoms with Gasteiger partial charge in [0.05, 0.1) is 18.7 Å². The van der Waals surface area contributed by atoms with Crippen molar-refractivity contribution in [2.75, 3.05) is 18.4 Å². The van der Waals surface area contributed by atoms with Crippen LogP contribution in [-0.2, 0) is 20.0 Å². The van der Waals surface area contributed by atoms with Gasteiger partial charge in [-0.3, -0.25) is 15.1 Å². The number of alkyl halides is 3. The van der Waals surface area contributed by atoms with E-state index in [4.69, 9.17) is 22.4 Å². The molecular weight excluding hydrogens is 545 g/mol. The number of hydrogen-bond acceptors (Lipinski definition) is 5. The Balaban J connectivity index is 1.78. The molecule has 212 valence electrons. The fourth-order valence-corrected chi connectivity index (χ4v) is 4.04. The maximum Gasteiger partial charge on any atom is 0.390 e. The van der Waals surface area contributed by atoms with Crippen molar-refractivity contribution >= 4 is 34.9 Å². The minimum Gasteiger partial charge on any atom is -0.376 e. The normalized spacial score (nSPS) is 11.2. The summed E-state index contributed by atoms with van der Waals surface area (Å²) in [4.78, 5) is 26.6. The Labute approximate surface area is 234 Å². The predicted molar refractivity (Wildman–Crippen MR) is 151 cm³/mol. The van der Waals surface area contributed by atoms with Crippen LogP contribution in [0.25, 0.3) is 0 Å². The van der Waals surface area contributed by atoms with Crippen LogP contribution >= 0.6 is 11.6 Å². The third-order valence-corrected chi connectivity index (χ3v) is 6.56. The third-order valence-electron chi connectivity index (χ3n) is 6.19. The number of aromatic nitrogens is 1. The fraction of sp³-hybridized carbons (Fsp3) is 0.286. The highest BCUT2D eigenvalue weighted by Crippen LogP contribution is 2.21. The number of pyridine rings is 1. The zero-order valence-corrected chi connectivity index (χ0v) is 22.8. The summed E-state index contributed by atoms with van der Waals surface area (Å²) in [6.45, 7) is 0.980. The van der Waals surface area contributed by atoms with E-state index < -0.39 is 43.1 Å². The molecule has 0 atom stereocenters. The first-order chi connectivity index (χ1) is 18.9. The van der Waals surface area contributed by atoms with E-state index >= 15 is 0 Å². The van der Waals surface area contributed by atoms with Gasteiger partial charge in [-0.2, -0.15) is 13.2 Å². The number of amidine groups is 1. The van der Waals surface area contributed by atoms with Crippen LogP contribution in [0.15, 0.2) is 65.6 Å². The molecule has 40 heavy (non-hydrogen) atoms. The number of nitrogens with one attached hydrogen (secondary N) is 4. The molecular formula is C28H30ClF3N6O2. The second kappa shape index (κ2) is 13.3. The molecule has 1 aromatic heterocycles. The topological polar surface area (TPSA) is 114 Å². The number of amides is 2. The first-order valence-corrected chi connectivity index (χ1v) is 12.8. The van der Waals surface area contributed by atoms with Crippen molar-refractivity contribution in [3.63, 3.8) is 0 Å². The van der Waals surface area contributed by atoms with Gasteiger partial charge >= 0.3 is 12.2 Å². The second-order valence-corrected chi connectivity index (χ2v) is 9.43. The van der Waals surface area contributed by atoms with E-state index in [1.54, 1.807) is 55.6 Å². The lowest BCUT2D eigenvalue weighted by molar-refractivity contribution is -0.135. The van der Waals surface area contributed by atoms with Crippen molar-refractivity contribution in [1.29, 1.82) is 10.8 Å². The smallest absolute Gasteiger partial charge is 0.376 e. The van der Waals surface area contributed by atoms with Crippen LogP contribution in [-0.4, -0.2) is 46.3 Å². The predicted octanol–water partition coefficient (Wildman–Crippen LogP) is 5.57. The molecule has 12 heteroatoms. The molecule has 2 aromatic carbocycles. The number of hydrogen-bond donors (Lipinski definition) is 4. The second-order valence-electron chi connectivity index (χ2n) is 9.02. The maximum absolute atomic E-state index is 13.0. The molecule has 2 amide bonds. The summed E-state index contributed by atoms with van der Waals surface area (Å²) < 4.78 is 40.3. The number of aryl methyl sites for hydroxylation is 2. The zero-order chi connectivity index (χ0) is 29.4. The van der Waals surface area contributed by atoms with Crippen molar-refractivity contribution < 1.29 is 18.0 Å². The molecule has 3 rings (SSSR count). The first-order valence-electron chi connectivity index (χ1n) is 12.5. The first kappa shape index (κ1) is 30.4. The van der Waals surface area contributed by atoms with E-state index in [9.17, 15) is 22.8 Å². The number of halogens is 4. The van der Waals surface area contributed by atoms with Crippen LogP contribution in [0.5, 0.6) is 0 Å². The molecule has 0 fully saturated rings. The SMILES string of the molecule is CCc1ccc(C(=N)N(CCC(F)(F)F)C(=O)NCC(=N)c2ccn(C)c(=O)c2NCc2ccccc2Cl)cc1. The lowest BCUT2D eigenvalue weighted by atomic mass is 10.1. The van der Waals surface area contributed by atoms with Gasteiger partial charge in [-0.1, -0.05) is 61.0 Å². The highest BCUT2D eigenvalue weighted by molar-refractivity contribution is 6.31. The molecule has 4 N–H and O–H groups in total. The Kier molecular flexibility index (Phi) is 10.1. The van der Waals surface area contributed by atoms with Crippen LogP contribution < -0.4 is 16.2 Å². The van der Waals surface area contributed by atoms with Crippen molar-refractivity contribution in [3.8, 4) is 0 Å². The number of rotatable bonds is 10. The number of carbonyl (C=O) groups excluding carboxylic acids is 1. The molecule has 0 aliphatic heterocycles. The van der Waals surface area contributed by atoms with E-state index in [1.807, 2.05) is 6.92 Å². The maximum atomic E-state index is 13.0. The van der Waals surface area contributed by atoms with Gasteiger partial charge in [0.1, 0.15) is 11.5 Å². The largest absolute Gasteiger partial charge is 0.390 e. The van der Waals surface area contributed by atoms with Crippen molar-refractivity contribution in [2.24, 2.45) is 7.05 Å².